The van der Waals surface area contributed by atoms with Gasteiger partial charge in [0, 0.05) is 17.5 Å². The van der Waals surface area contributed by atoms with E-state index in [1.807, 2.05) is 0 Å². The molecule has 2 amide bonds. The molecule has 6 heteroatoms. The number of allylic oxidation sites excluding steroid dienone is 3. The minimum Gasteiger partial charge on any atom is -0.435 e. The number of urea groups is 1. The molecule has 0 saturated carbocycles. The highest BCUT2D eigenvalue weighted by Gasteiger charge is 2.06. The van der Waals surface area contributed by atoms with Gasteiger partial charge < -0.3 is 15.4 Å². The Kier molecular flexibility index (Phi) is 6.13. The van der Waals surface area contributed by atoms with E-state index >= 15 is 0 Å². The average molecular weight is 294 g/mol. The zero-order valence-corrected chi connectivity index (χ0v) is 11.5. The van der Waals surface area contributed by atoms with Gasteiger partial charge in [0.1, 0.15) is 5.75 Å². The van der Waals surface area contributed by atoms with Crippen LogP contribution in [0.1, 0.15) is 6.92 Å². The molecule has 4 nitrogen and oxygen atoms in total. The molecule has 0 saturated heterocycles. The molecule has 0 bridgehead atoms. The lowest BCUT2D eigenvalue weighted by Gasteiger charge is -2.09. The van der Waals surface area contributed by atoms with E-state index in [1.165, 1.54) is 18.2 Å². The summed E-state index contributed by atoms with van der Waals surface area (Å²) in [4.78, 5) is 11.7. The number of rotatable bonds is 6. The van der Waals surface area contributed by atoms with Gasteiger partial charge in [-0.3, -0.25) is 0 Å². The molecule has 2 N–H and O–H groups in total. The third kappa shape index (κ3) is 6.91. The molecule has 0 aromatic heterocycles. The van der Waals surface area contributed by atoms with Crippen LogP contribution in [0.15, 0.2) is 60.8 Å². The Morgan fingerprint density at radius 2 is 2.05 bits per heavy atom. The van der Waals surface area contributed by atoms with E-state index in [0.29, 0.717) is 11.4 Å². The van der Waals surface area contributed by atoms with Gasteiger partial charge in [0.05, 0.1) is 0 Å². The molecule has 0 atom stereocenters. The van der Waals surface area contributed by atoms with E-state index in [0.717, 1.165) is 5.57 Å². The van der Waals surface area contributed by atoms with E-state index in [4.69, 9.17) is 0 Å². The van der Waals surface area contributed by atoms with Crippen molar-refractivity contribution in [2.24, 2.45) is 0 Å². The largest absolute Gasteiger partial charge is 0.435 e. The van der Waals surface area contributed by atoms with Crippen LogP contribution in [0.5, 0.6) is 5.75 Å². The number of hydrogen-bond acceptors (Lipinski definition) is 2. The van der Waals surface area contributed by atoms with E-state index in [2.05, 4.69) is 28.5 Å². The van der Waals surface area contributed by atoms with Crippen molar-refractivity contribution >= 4 is 11.7 Å². The first kappa shape index (κ1) is 16.4. The quantitative estimate of drug-likeness (QED) is 0.777. The highest BCUT2D eigenvalue weighted by molar-refractivity contribution is 5.90. The van der Waals surface area contributed by atoms with Crippen molar-refractivity contribution in [1.29, 1.82) is 0 Å². The van der Waals surface area contributed by atoms with Gasteiger partial charge in [-0.05, 0) is 25.1 Å². The van der Waals surface area contributed by atoms with Crippen molar-refractivity contribution in [3.05, 3.63) is 60.8 Å². The molecule has 0 spiro atoms. The van der Waals surface area contributed by atoms with Crippen molar-refractivity contribution < 1.29 is 18.3 Å². The summed E-state index contributed by atoms with van der Waals surface area (Å²) in [6.45, 7) is 6.21. The molecule has 0 aliphatic heterocycles. The van der Waals surface area contributed by atoms with Crippen molar-refractivity contribution in [1.82, 2.24) is 5.32 Å². The summed E-state index contributed by atoms with van der Waals surface area (Å²) in [5.41, 5.74) is 1.51. The molecule has 1 aromatic carbocycles. The maximum absolute atomic E-state index is 12.1. The minimum absolute atomic E-state index is 0.0381. The molecule has 21 heavy (non-hydrogen) atoms. The fourth-order valence-corrected chi connectivity index (χ4v) is 1.34. The van der Waals surface area contributed by atoms with Gasteiger partial charge in [0.2, 0.25) is 0 Å². The maximum Gasteiger partial charge on any atom is 0.387 e. The van der Waals surface area contributed by atoms with E-state index < -0.39 is 12.6 Å². The minimum atomic E-state index is -2.92. The van der Waals surface area contributed by atoms with Gasteiger partial charge in [0.15, 0.2) is 0 Å². The summed E-state index contributed by atoms with van der Waals surface area (Å²) in [6.07, 6.45) is 3.29. The van der Waals surface area contributed by atoms with Crippen LogP contribution in [-0.4, -0.2) is 12.6 Å². The SMILES string of the molecule is C=C(C)/C=C\C(=C)NC(=O)Nc1cccc(OC(F)F)c1. The number of anilines is 1. The second-order valence-corrected chi connectivity index (χ2v) is 4.19. The number of carbonyl (C=O) groups is 1. The van der Waals surface area contributed by atoms with E-state index in [-0.39, 0.29) is 5.75 Å². The molecule has 0 aliphatic rings. The lowest BCUT2D eigenvalue weighted by molar-refractivity contribution is -0.0497. The normalized spacial score (nSPS) is 10.5. The number of ether oxygens (including phenoxy) is 1. The molecular weight excluding hydrogens is 278 g/mol. The Labute approximate surface area is 121 Å². The fourth-order valence-electron chi connectivity index (χ4n) is 1.34. The monoisotopic (exact) mass is 294 g/mol. The first-order valence-corrected chi connectivity index (χ1v) is 6.02. The Morgan fingerprint density at radius 1 is 1.33 bits per heavy atom. The van der Waals surface area contributed by atoms with Crippen LogP contribution in [0.25, 0.3) is 0 Å². The smallest absolute Gasteiger partial charge is 0.387 e. The summed E-state index contributed by atoms with van der Waals surface area (Å²) >= 11 is 0. The van der Waals surface area contributed by atoms with Crippen molar-refractivity contribution in [3.8, 4) is 5.75 Å². The fraction of sp³-hybridized carbons (Fsp3) is 0.133. The Morgan fingerprint density at radius 3 is 2.67 bits per heavy atom. The predicted molar refractivity (Wildman–Crippen MR) is 78.3 cm³/mol. The summed E-state index contributed by atoms with van der Waals surface area (Å²) < 4.78 is 28.4. The number of nitrogens with one attached hydrogen (secondary N) is 2. The molecule has 112 valence electrons. The van der Waals surface area contributed by atoms with Gasteiger partial charge in [-0.2, -0.15) is 8.78 Å². The van der Waals surface area contributed by atoms with Gasteiger partial charge in [-0.15, -0.1) is 0 Å². The van der Waals surface area contributed by atoms with Gasteiger partial charge in [-0.25, -0.2) is 4.79 Å². The molecule has 1 aromatic rings. The van der Waals surface area contributed by atoms with E-state index in [9.17, 15) is 13.6 Å². The summed E-state index contributed by atoms with van der Waals surface area (Å²) in [5.74, 6) is -0.0381. The van der Waals surface area contributed by atoms with Crippen LogP contribution in [-0.2, 0) is 0 Å². The topological polar surface area (TPSA) is 50.4 Å². The molecule has 0 unspecified atom stereocenters. The molecule has 1 rings (SSSR count). The standard InChI is InChI=1S/C15H16F2N2O2/c1-10(2)7-8-11(3)18-15(20)19-12-5-4-6-13(9-12)21-14(16)17/h4-9,14H,1,3H2,2H3,(H2,18,19,20)/b8-7-. The summed E-state index contributed by atoms with van der Waals surface area (Å²) in [5, 5.41) is 4.96. The molecule has 0 radical (unpaired) electrons. The van der Waals surface area contributed by atoms with Crippen LogP contribution in [0.3, 0.4) is 0 Å². The van der Waals surface area contributed by atoms with Crippen molar-refractivity contribution in [3.63, 3.8) is 0 Å². The zero-order chi connectivity index (χ0) is 15.8. The van der Waals surface area contributed by atoms with Gasteiger partial charge in [-0.1, -0.05) is 30.9 Å². The third-order valence-corrected chi connectivity index (χ3v) is 2.16. The van der Waals surface area contributed by atoms with Crippen LogP contribution >= 0.6 is 0 Å². The van der Waals surface area contributed by atoms with Crippen LogP contribution in [0, 0.1) is 0 Å². The zero-order valence-electron chi connectivity index (χ0n) is 11.5. The number of carbonyl (C=O) groups excluding carboxylic acids is 1. The van der Waals surface area contributed by atoms with Crippen LogP contribution < -0.4 is 15.4 Å². The lowest BCUT2D eigenvalue weighted by Crippen LogP contribution is -2.27. The maximum atomic E-state index is 12.1. The lowest BCUT2D eigenvalue weighted by atomic mass is 10.3. The van der Waals surface area contributed by atoms with Crippen LogP contribution in [0.2, 0.25) is 0 Å². The van der Waals surface area contributed by atoms with Crippen molar-refractivity contribution in [2.45, 2.75) is 13.5 Å². The van der Waals surface area contributed by atoms with Gasteiger partial charge in [0.25, 0.3) is 0 Å². The first-order valence-electron chi connectivity index (χ1n) is 6.02. The number of amides is 2. The summed E-state index contributed by atoms with van der Waals surface area (Å²) in [7, 11) is 0. The molecule has 0 fully saturated rings. The predicted octanol–water partition coefficient (Wildman–Crippen LogP) is 4.06. The molecular formula is C15H16F2N2O2. The number of hydrogen-bond donors (Lipinski definition) is 2. The highest BCUT2D eigenvalue weighted by atomic mass is 19.3. The first-order chi connectivity index (χ1) is 9.86. The molecule has 0 aliphatic carbocycles. The third-order valence-electron chi connectivity index (χ3n) is 2.16. The number of alkyl halides is 2. The van der Waals surface area contributed by atoms with Gasteiger partial charge >= 0.3 is 12.6 Å². The average Bonchev–Trinajstić information content (AvgIpc) is 2.35. The highest BCUT2D eigenvalue weighted by Crippen LogP contribution is 2.19. The number of halogens is 2. The second kappa shape index (κ2) is 7.84. The van der Waals surface area contributed by atoms with Crippen molar-refractivity contribution in [2.75, 3.05) is 5.32 Å². The van der Waals surface area contributed by atoms with Crippen LogP contribution in [0.4, 0.5) is 19.3 Å². The summed E-state index contributed by atoms with van der Waals surface area (Å²) in [6, 6.07) is 5.15. The second-order valence-electron chi connectivity index (χ2n) is 4.19. The molecule has 0 heterocycles. The Bertz CT molecular complexity index is 569. The van der Waals surface area contributed by atoms with E-state index in [1.54, 1.807) is 25.1 Å². The Hall–Kier alpha value is -2.63. The number of benzene rings is 1. The Balaban J connectivity index is 2.58.